The SMILES string of the molecule is CC12OC1CCC1OC12C1CCCCC1. The Morgan fingerprint density at radius 1 is 0.867 bits per heavy atom. The summed E-state index contributed by atoms with van der Waals surface area (Å²) in [4.78, 5) is 0. The monoisotopic (exact) mass is 208 g/mol. The van der Waals surface area contributed by atoms with Gasteiger partial charge in [-0.15, -0.1) is 0 Å². The Kier molecular flexibility index (Phi) is 1.56. The molecule has 0 aromatic rings. The normalized spacial score (nSPS) is 58.2. The first-order valence-electron chi connectivity index (χ1n) is 6.63. The summed E-state index contributed by atoms with van der Waals surface area (Å²) in [6.45, 7) is 2.30. The maximum atomic E-state index is 6.14. The van der Waals surface area contributed by atoms with Crippen LogP contribution in [0.25, 0.3) is 0 Å². The second-order valence-corrected chi connectivity index (χ2v) is 6.03. The second kappa shape index (κ2) is 2.60. The minimum atomic E-state index is 0.109. The summed E-state index contributed by atoms with van der Waals surface area (Å²) in [6.07, 6.45) is 10.5. The second-order valence-electron chi connectivity index (χ2n) is 6.03. The Morgan fingerprint density at radius 3 is 2.40 bits per heavy atom. The molecular weight excluding hydrogens is 188 g/mol. The van der Waals surface area contributed by atoms with Crippen LogP contribution < -0.4 is 0 Å². The number of hydrogen-bond donors (Lipinski definition) is 0. The van der Waals surface area contributed by atoms with E-state index in [1.54, 1.807) is 0 Å². The van der Waals surface area contributed by atoms with Gasteiger partial charge in [0.25, 0.3) is 0 Å². The number of epoxide rings is 2. The molecule has 0 bridgehead atoms. The lowest BCUT2D eigenvalue weighted by atomic mass is 9.68. The van der Waals surface area contributed by atoms with E-state index < -0.39 is 0 Å². The fourth-order valence-electron chi connectivity index (χ4n) is 4.45. The number of hydrogen-bond acceptors (Lipinski definition) is 2. The van der Waals surface area contributed by atoms with Crippen molar-refractivity contribution in [1.29, 1.82) is 0 Å². The molecule has 84 valence electrons. The quantitative estimate of drug-likeness (QED) is 0.619. The molecule has 4 aliphatic rings. The van der Waals surface area contributed by atoms with Gasteiger partial charge in [-0.3, -0.25) is 0 Å². The number of ether oxygens (including phenoxy) is 2. The summed E-state index contributed by atoms with van der Waals surface area (Å²) in [5.41, 5.74) is 0.272. The van der Waals surface area contributed by atoms with E-state index in [4.69, 9.17) is 9.47 Å². The molecule has 0 aromatic carbocycles. The molecule has 2 saturated carbocycles. The van der Waals surface area contributed by atoms with Crippen molar-refractivity contribution in [3.63, 3.8) is 0 Å². The number of rotatable bonds is 1. The minimum Gasteiger partial charge on any atom is -0.363 e. The first kappa shape index (κ1) is 9.00. The summed E-state index contributed by atoms with van der Waals surface area (Å²) in [7, 11) is 0. The molecule has 4 unspecified atom stereocenters. The predicted molar refractivity (Wildman–Crippen MR) is 56.7 cm³/mol. The molecule has 0 aromatic heterocycles. The Labute approximate surface area is 91.3 Å². The average molecular weight is 208 g/mol. The Morgan fingerprint density at radius 2 is 1.60 bits per heavy atom. The highest BCUT2D eigenvalue weighted by Gasteiger charge is 2.81. The highest BCUT2D eigenvalue weighted by Crippen LogP contribution is 2.68. The molecule has 2 aliphatic heterocycles. The lowest BCUT2D eigenvalue weighted by Crippen LogP contribution is -2.45. The smallest absolute Gasteiger partial charge is 0.129 e. The van der Waals surface area contributed by atoms with Crippen LogP contribution in [0.4, 0.5) is 0 Å². The van der Waals surface area contributed by atoms with Crippen LogP contribution in [0.3, 0.4) is 0 Å². The first-order chi connectivity index (χ1) is 7.27. The van der Waals surface area contributed by atoms with Gasteiger partial charge in [0.1, 0.15) is 11.2 Å². The molecular formula is C13H20O2. The lowest BCUT2D eigenvalue weighted by Gasteiger charge is -2.32. The van der Waals surface area contributed by atoms with Crippen LogP contribution in [-0.2, 0) is 9.47 Å². The van der Waals surface area contributed by atoms with E-state index in [2.05, 4.69) is 6.92 Å². The van der Waals surface area contributed by atoms with E-state index >= 15 is 0 Å². The van der Waals surface area contributed by atoms with Gasteiger partial charge < -0.3 is 9.47 Å². The largest absolute Gasteiger partial charge is 0.363 e. The molecule has 2 heteroatoms. The Hall–Kier alpha value is -0.0800. The van der Waals surface area contributed by atoms with Gasteiger partial charge in [0.2, 0.25) is 0 Å². The van der Waals surface area contributed by atoms with Crippen LogP contribution in [0.1, 0.15) is 51.9 Å². The van der Waals surface area contributed by atoms with Gasteiger partial charge in [-0.25, -0.2) is 0 Å². The highest BCUT2D eigenvalue weighted by atomic mass is 16.7. The standard InChI is InChI=1S/C13H20O2/c1-12-10(14-12)7-8-11-13(12,15-11)9-5-3-2-4-6-9/h9-11H,2-8H2,1H3. The van der Waals surface area contributed by atoms with E-state index in [1.165, 1.54) is 44.9 Å². The van der Waals surface area contributed by atoms with Gasteiger partial charge >= 0.3 is 0 Å². The topological polar surface area (TPSA) is 25.1 Å². The molecule has 0 spiro atoms. The van der Waals surface area contributed by atoms with E-state index in [-0.39, 0.29) is 11.2 Å². The summed E-state index contributed by atoms with van der Waals surface area (Å²) in [6, 6.07) is 0. The van der Waals surface area contributed by atoms with Gasteiger partial charge in [0, 0.05) is 0 Å². The predicted octanol–water partition coefficient (Wildman–Crippen LogP) is 2.66. The molecule has 4 atom stereocenters. The molecule has 0 N–H and O–H groups in total. The van der Waals surface area contributed by atoms with Gasteiger partial charge in [-0.05, 0) is 38.5 Å². The van der Waals surface area contributed by atoms with Crippen LogP contribution in [0.2, 0.25) is 0 Å². The van der Waals surface area contributed by atoms with Gasteiger partial charge in [0.15, 0.2) is 0 Å². The molecule has 4 rings (SSSR count). The fourth-order valence-corrected chi connectivity index (χ4v) is 4.45. The Bertz CT molecular complexity index is 297. The zero-order valence-corrected chi connectivity index (χ0v) is 9.50. The summed E-state index contributed by atoms with van der Waals surface area (Å²) < 4.78 is 12.1. The highest BCUT2D eigenvalue weighted by molar-refractivity contribution is 5.29. The summed E-state index contributed by atoms with van der Waals surface area (Å²) >= 11 is 0. The van der Waals surface area contributed by atoms with Crippen molar-refractivity contribution < 1.29 is 9.47 Å². The van der Waals surface area contributed by atoms with Crippen molar-refractivity contribution in [2.45, 2.75) is 75.3 Å². The maximum Gasteiger partial charge on any atom is 0.129 e. The van der Waals surface area contributed by atoms with Crippen molar-refractivity contribution in [2.24, 2.45) is 5.92 Å². The molecule has 2 saturated heterocycles. The summed E-state index contributed by atoms with van der Waals surface area (Å²) in [5.74, 6) is 0.798. The van der Waals surface area contributed by atoms with E-state index in [1.807, 2.05) is 0 Å². The van der Waals surface area contributed by atoms with Gasteiger partial charge in [-0.1, -0.05) is 19.3 Å². The van der Waals surface area contributed by atoms with E-state index in [0.717, 1.165) is 5.92 Å². The van der Waals surface area contributed by atoms with E-state index in [0.29, 0.717) is 12.2 Å². The summed E-state index contributed by atoms with van der Waals surface area (Å²) in [5, 5.41) is 0. The van der Waals surface area contributed by atoms with Crippen molar-refractivity contribution in [3.8, 4) is 0 Å². The van der Waals surface area contributed by atoms with Crippen molar-refractivity contribution >= 4 is 0 Å². The molecule has 2 aliphatic carbocycles. The van der Waals surface area contributed by atoms with Crippen LogP contribution >= 0.6 is 0 Å². The lowest BCUT2D eigenvalue weighted by molar-refractivity contribution is 0.0906. The van der Waals surface area contributed by atoms with Gasteiger partial charge in [-0.2, -0.15) is 0 Å². The van der Waals surface area contributed by atoms with Crippen LogP contribution in [-0.4, -0.2) is 23.4 Å². The molecule has 2 nitrogen and oxygen atoms in total. The number of fused-ring (bicyclic) bond motifs is 3. The van der Waals surface area contributed by atoms with Crippen LogP contribution in [0.5, 0.6) is 0 Å². The first-order valence-corrected chi connectivity index (χ1v) is 6.63. The zero-order chi connectivity index (χ0) is 10.1. The minimum absolute atomic E-state index is 0.109. The van der Waals surface area contributed by atoms with E-state index in [9.17, 15) is 0 Å². The third-order valence-corrected chi connectivity index (χ3v) is 5.38. The van der Waals surface area contributed by atoms with Crippen molar-refractivity contribution in [3.05, 3.63) is 0 Å². The third-order valence-electron chi connectivity index (χ3n) is 5.38. The fraction of sp³-hybridized carbons (Fsp3) is 1.00. The Balaban J connectivity index is 1.64. The molecule has 4 fully saturated rings. The van der Waals surface area contributed by atoms with Crippen molar-refractivity contribution in [2.75, 3.05) is 0 Å². The average Bonchev–Trinajstić information content (AvgIpc) is 3.11. The maximum absolute atomic E-state index is 6.14. The third kappa shape index (κ3) is 0.938. The van der Waals surface area contributed by atoms with Crippen LogP contribution in [0.15, 0.2) is 0 Å². The molecule has 0 radical (unpaired) electrons. The zero-order valence-electron chi connectivity index (χ0n) is 9.50. The molecule has 0 amide bonds. The molecule has 15 heavy (non-hydrogen) atoms. The van der Waals surface area contributed by atoms with Crippen LogP contribution in [0, 0.1) is 5.92 Å². The van der Waals surface area contributed by atoms with Crippen molar-refractivity contribution in [1.82, 2.24) is 0 Å². The van der Waals surface area contributed by atoms with Gasteiger partial charge in [0.05, 0.1) is 12.2 Å². The molecule has 2 heterocycles.